The molecule has 0 N–H and O–H groups in total. The molecule has 0 amide bonds. The fourth-order valence-corrected chi connectivity index (χ4v) is 10.2. The third-order valence-corrected chi connectivity index (χ3v) is 13.5. The van der Waals surface area contributed by atoms with Crippen molar-refractivity contribution >= 4 is 11.8 Å². The fourth-order valence-electron chi connectivity index (χ4n) is 8.49. The maximum atomic E-state index is 5.84. The van der Waals surface area contributed by atoms with Gasteiger partial charge in [0.15, 0.2) is 0 Å². The van der Waals surface area contributed by atoms with Crippen LogP contribution in [-0.2, 0) is 9.47 Å². The number of ether oxygens (including phenoxy) is 2. The van der Waals surface area contributed by atoms with Crippen molar-refractivity contribution in [2.24, 2.45) is 0 Å². The van der Waals surface area contributed by atoms with Crippen molar-refractivity contribution in [1.82, 2.24) is 0 Å². The number of thioether (sulfide) groups is 1. The molecule has 0 radical (unpaired) electrons. The standard InChI is InChI=1S/C46H90O2S/c1-3-5-7-9-11-13-21-27-37-45(39-29-23-17-15-19-25-33-43-35-31-41-47-43)49-46(38-28-22-14-12-10-8-6-4-2)40-30-24-18-16-20-26-34-44-36-32-42-48-44/h43-46H,3-42H2,1-2H3. The quantitative estimate of drug-likeness (QED) is 0.0596. The molecule has 0 spiro atoms. The van der Waals surface area contributed by atoms with Crippen LogP contribution in [0.15, 0.2) is 0 Å². The maximum absolute atomic E-state index is 5.84. The van der Waals surface area contributed by atoms with Crippen molar-refractivity contribution < 1.29 is 9.47 Å². The number of rotatable bonds is 38. The highest BCUT2D eigenvalue weighted by molar-refractivity contribution is 8.00. The SMILES string of the molecule is CCCCCCCCCCC(CCCCCCCCC1CCCO1)SC(CCCCCCCCCC)CCCCCCCCC1CCCO1. The summed E-state index contributed by atoms with van der Waals surface area (Å²) < 4.78 is 11.7. The highest BCUT2D eigenvalue weighted by atomic mass is 32.2. The molecule has 292 valence electrons. The zero-order valence-corrected chi connectivity index (χ0v) is 34.6. The fraction of sp³-hybridized carbons (Fsp3) is 1.00. The largest absolute Gasteiger partial charge is 0.378 e. The maximum Gasteiger partial charge on any atom is 0.0576 e. The van der Waals surface area contributed by atoms with Crippen LogP contribution in [0.2, 0.25) is 0 Å². The molecule has 2 saturated heterocycles. The van der Waals surface area contributed by atoms with Gasteiger partial charge in [0.05, 0.1) is 12.2 Å². The predicted octanol–water partition coefficient (Wildman–Crippen LogP) is 16.1. The van der Waals surface area contributed by atoms with Gasteiger partial charge in [-0.05, 0) is 64.2 Å². The monoisotopic (exact) mass is 707 g/mol. The molecule has 3 heteroatoms. The van der Waals surface area contributed by atoms with Crippen molar-refractivity contribution in [2.45, 2.75) is 281 Å². The van der Waals surface area contributed by atoms with Crippen LogP contribution < -0.4 is 0 Å². The van der Waals surface area contributed by atoms with E-state index >= 15 is 0 Å². The van der Waals surface area contributed by atoms with E-state index in [1.165, 1.54) is 244 Å². The van der Waals surface area contributed by atoms with Gasteiger partial charge in [-0.3, -0.25) is 0 Å². The van der Waals surface area contributed by atoms with Crippen molar-refractivity contribution in [3.8, 4) is 0 Å². The van der Waals surface area contributed by atoms with Crippen LogP contribution in [0.3, 0.4) is 0 Å². The highest BCUT2D eigenvalue weighted by Gasteiger charge is 2.18. The molecular weight excluding hydrogens is 617 g/mol. The van der Waals surface area contributed by atoms with Crippen LogP contribution >= 0.6 is 11.8 Å². The summed E-state index contributed by atoms with van der Waals surface area (Å²) in [6.07, 6.45) is 55.5. The Labute approximate surface area is 314 Å². The van der Waals surface area contributed by atoms with Crippen molar-refractivity contribution in [3.63, 3.8) is 0 Å². The zero-order chi connectivity index (χ0) is 34.7. The molecule has 0 aromatic carbocycles. The second-order valence-electron chi connectivity index (χ2n) is 16.6. The molecule has 0 aromatic rings. The summed E-state index contributed by atoms with van der Waals surface area (Å²) >= 11 is 2.48. The van der Waals surface area contributed by atoms with E-state index in [4.69, 9.17) is 9.47 Å². The average molecular weight is 707 g/mol. The van der Waals surface area contributed by atoms with Crippen molar-refractivity contribution in [1.29, 1.82) is 0 Å². The summed E-state index contributed by atoms with van der Waals surface area (Å²) in [7, 11) is 0. The lowest BCUT2D eigenvalue weighted by Crippen LogP contribution is -2.12. The van der Waals surface area contributed by atoms with Gasteiger partial charge in [0.2, 0.25) is 0 Å². The Hall–Kier alpha value is 0.270. The van der Waals surface area contributed by atoms with E-state index in [1.807, 2.05) is 0 Å². The molecule has 2 aliphatic heterocycles. The Morgan fingerprint density at radius 3 is 0.959 bits per heavy atom. The first-order valence-corrected chi connectivity index (χ1v) is 24.1. The Bertz CT molecular complexity index is 589. The van der Waals surface area contributed by atoms with E-state index in [-0.39, 0.29) is 0 Å². The summed E-state index contributed by atoms with van der Waals surface area (Å²) in [5.74, 6) is 0. The third-order valence-electron chi connectivity index (χ3n) is 11.8. The molecule has 2 aliphatic rings. The van der Waals surface area contributed by atoms with Gasteiger partial charge in [-0.25, -0.2) is 0 Å². The van der Waals surface area contributed by atoms with E-state index in [0.29, 0.717) is 12.2 Å². The lowest BCUT2D eigenvalue weighted by molar-refractivity contribution is 0.102. The normalized spacial score (nSPS) is 19.2. The van der Waals surface area contributed by atoms with E-state index < -0.39 is 0 Å². The molecule has 4 atom stereocenters. The van der Waals surface area contributed by atoms with E-state index in [0.717, 1.165) is 23.7 Å². The van der Waals surface area contributed by atoms with Crippen molar-refractivity contribution in [2.75, 3.05) is 13.2 Å². The summed E-state index contributed by atoms with van der Waals surface area (Å²) in [5.41, 5.74) is 0. The van der Waals surface area contributed by atoms with E-state index in [1.54, 1.807) is 0 Å². The van der Waals surface area contributed by atoms with Crippen LogP contribution in [0.5, 0.6) is 0 Å². The van der Waals surface area contributed by atoms with Crippen LogP contribution in [0.25, 0.3) is 0 Å². The molecule has 0 saturated carbocycles. The molecule has 0 aromatic heterocycles. The van der Waals surface area contributed by atoms with Gasteiger partial charge in [0, 0.05) is 23.7 Å². The molecule has 2 heterocycles. The lowest BCUT2D eigenvalue weighted by atomic mass is 10.0. The summed E-state index contributed by atoms with van der Waals surface area (Å²) in [4.78, 5) is 0. The topological polar surface area (TPSA) is 18.5 Å². The average Bonchev–Trinajstić information content (AvgIpc) is 3.84. The molecular formula is C46H90O2S. The van der Waals surface area contributed by atoms with Crippen LogP contribution in [0.4, 0.5) is 0 Å². The van der Waals surface area contributed by atoms with E-state index in [2.05, 4.69) is 25.6 Å². The van der Waals surface area contributed by atoms with Crippen LogP contribution in [0, 0.1) is 0 Å². The first kappa shape index (κ1) is 45.4. The third kappa shape index (κ3) is 28.4. The molecule has 2 nitrogen and oxygen atoms in total. The number of hydrogen-bond donors (Lipinski definition) is 0. The van der Waals surface area contributed by atoms with Gasteiger partial charge in [0.1, 0.15) is 0 Å². The van der Waals surface area contributed by atoms with Crippen LogP contribution in [-0.4, -0.2) is 35.9 Å². The minimum Gasteiger partial charge on any atom is -0.378 e. The Morgan fingerprint density at radius 2 is 0.673 bits per heavy atom. The predicted molar refractivity (Wildman–Crippen MR) is 221 cm³/mol. The van der Waals surface area contributed by atoms with Crippen molar-refractivity contribution in [3.05, 3.63) is 0 Å². The highest BCUT2D eigenvalue weighted by Crippen LogP contribution is 2.34. The Balaban J connectivity index is 1.72. The number of unbranched alkanes of at least 4 members (excludes halogenated alkanes) is 24. The summed E-state index contributed by atoms with van der Waals surface area (Å²) in [6.45, 7) is 6.70. The van der Waals surface area contributed by atoms with Gasteiger partial charge >= 0.3 is 0 Å². The van der Waals surface area contributed by atoms with Gasteiger partial charge < -0.3 is 9.47 Å². The summed E-state index contributed by atoms with van der Waals surface area (Å²) in [6, 6.07) is 0. The molecule has 2 fully saturated rings. The Morgan fingerprint density at radius 1 is 0.388 bits per heavy atom. The minimum absolute atomic E-state index is 0.592. The minimum atomic E-state index is 0.592. The zero-order valence-electron chi connectivity index (χ0n) is 33.8. The second kappa shape index (κ2) is 35.3. The molecule has 49 heavy (non-hydrogen) atoms. The van der Waals surface area contributed by atoms with Gasteiger partial charge in [-0.2, -0.15) is 11.8 Å². The molecule has 4 unspecified atom stereocenters. The first-order chi connectivity index (χ1) is 24.3. The summed E-state index contributed by atoms with van der Waals surface area (Å²) in [5, 5.41) is 1.83. The molecule has 0 bridgehead atoms. The second-order valence-corrected chi connectivity index (χ2v) is 18.2. The van der Waals surface area contributed by atoms with Gasteiger partial charge in [0.25, 0.3) is 0 Å². The van der Waals surface area contributed by atoms with E-state index in [9.17, 15) is 0 Å². The lowest BCUT2D eigenvalue weighted by Gasteiger charge is -2.24. The number of hydrogen-bond acceptors (Lipinski definition) is 3. The first-order valence-electron chi connectivity index (χ1n) is 23.2. The Kier molecular flexibility index (Phi) is 32.7. The smallest absolute Gasteiger partial charge is 0.0576 e. The van der Waals surface area contributed by atoms with Crippen LogP contribution in [0.1, 0.15) is 258 Å². The van der Waals surface area contributed by atoms with Gasteiger partial charge in [-0.15, -0.1) is 0 Å². The molecule has 2 rings (SSSR count). The van der Waals surface area contributed by atoms with Gasteiger partial charge in [-0.1, -0.05) is 194 Å². The molecule has 0 aliphatic carbocycles.